The molecule has 0 saturated carbocycles. The lowest BCUT2D eigenvalue weighted by atomic mass is 10.1. The van der Waals surface area contributed by atoms with Crippen molar-refractivity contribution in [3.63, 3.8) is 0 Å². The first-order valence-electron chi connectivity index (χ1n) is 12.7. The molecule has 1 heterocycles. The number of non-ortho nitro benzene ring substituents is 1. The molecular formula is C30H26Cl2N4O6. The minimum Gasteiger partial charge on any atom is -0.479 e. The minimum atomic E-state index is -0.983. The monoisotopic (exact) mass is 608 g/mol. The van der Waals surface area contributed by atoms with Crippen LogP contribution in [0.15, 0.2) is 88.4 Å². The summed E-state index contributed by atoms with van der Waals surface area (Å²) in [4.78, 5) is 36.8. The van der Waals surface area contributed by atoms with Gasteiger partial charge in [-0.3, -0.25) is 19.7 Å². The van der Waals surface area contributed by atoms with Gasteiger partial charge in [0, 0.05) is 29.1 Å². The first-order chi connectivity index (χ1) is 20.1. The fourth-order valence-electron chi connectivity index (χ4n) is 3.96. The van der Waals surface area contributed by atoms with Gasteiger partial charge in [-0.25, -0.2) is 5.43 Å². The average molecular weight is 609 g/mol. The molecule has 0 fully saturated rings. The number of ether oxygens (including phenoxy) is 1. The summed E-state index contributed by atoms with van der Waals surface area (Å²) in [6.45, 7) is 3.35. The average Bonchev–Trinajstić information content (AvgIpc) is 3.43. The fourth-order valence-corrected chi connectivity index (χ4v) is 4.41. The summed E-state index contributed by atoms with van der Waals surface area (Å²) in [5.41, 5.74) is 4.55. The summed E-state index contributed by atoms with van der Waals surface area (Å²) in [7, 11) is 0. The first kappa shape index (κ1) is 30.3. The van der Waals surface area contributed by atoms with Gasteiger partial charge in [-0.15, -0.1) is 0 Å². The van der Waals surface area contributed by atoms with E-state index in [0.717, 1.165) is 11.1 Å². The Bertz CT molecular complexity index is 1620. The van der Waals surface area contributed by atoms with Gasteiger partial charge in [-0.1, -0.05) is 59.6 Å². The van der Waals surface area contributed by atoms with Crippen LogP contribution in [-0.2, 0) is 16.0 Å². The van der Waals surface area contributed by atoms with Crippen molar-refractivity contribution in [1.29, 1.82) is 0 Å². The van der Waals surface area contributed by atoms with Crippen molar-refractivity contribution >= 4 is 46.9 Å². The van der Waals surface area contributed by atoms with Crippen LogP contribution >= 0.6 is 23.2 Å². The maximum absolute atomic E-state index is 13.1. The molecule has 0 aliphatic rings. The molecule has 2 amide bonds. The zero-order valence-electron chi connectivity index (χ0n) is 22.5. The number of halogens is 2. The zero-order chi connectivity index (χ0) is 30.2. The Morgan fingerprint density at radius 2 is 1.81 bits per heavy atom. The number of furan rings is 1. The maximum atomic E-state index is 13.1. The molecule has 2 atom stereocenters. The normalized spacial score (nSPS) is 12.5. The molecule has 1 aromatic heterocycles. The van der Waals surface area contributed by atoms with Crippen LogP contribution in [0.1, 0.15) is 23.8 Å². The predicted octanol–water partition coefficient (Wildman–Crippen LogP) is 6.12. The SMILES string of the molecule is Cc1ccc([N+](=O)[O-])cc1-c1ccc(/C=N\NC(=O)[C@H](Cc2ccccc2)NC(=O)[C@@H](C)Oc2ccc(Cl)cc2Cl)o1. The third-order valence-corrected chi connectivity index (χ3v) is 6.70. The maximum Gasteiger partial charge on any atom is 0.270 e. The zero-order valence-corrected chi connectivity index (χ0v) is 24.1. The second-order valence-electron chi connectivity index (χ2n) is 9.28. The van der Waals surface area contributed by atoms with Crippen molar-refractivity contribution in [3.05, 3.63) is 116 Å². The molecule has 216 valence electrons. The molecule has 4 rings (SSSR count). The summed E-state index contributed by atoms with van der Waals surface area (Å²) >= 11 is 12.1. The minimum absolute atomic E-state index is 0.0584. The molecule has 0 unspecified atom stereocenters. The van der Waals surface area contributed by atoms with Crippen LogP contribution in [0.25, 0.3) is 11.3 Å². The smallest absolute Gasteiger partial charge is 0.270 e. The number of aryl methyl sites for hydroxylation is 1. The fraction of sp³-hybridized carbons (Fsp3) is 0.167. The predicted molar refractivity (Wildman–Crippen MR) is 160 cm³/mol. The standard InChI is InChI=1S/C30H26Cl2N4O6/c1-18-8-10-22(36(39)40)16-24(18)27-13-11-23(42-27)17-33-35-30(38)26(14-20-6-4-3-5-7-20)34-29(37)19(2)41-28-12-9-21(31)15-25(28)32/h3-13,15-17,19,26H,14H2,1-2H3,(H,34,37)(H,35,38)/b33-17-/t19-,26+/m1/s1. The second-order valence-corrected chi connectivity index (χ2v) is 10.1. The number of hydrogen-bond donors (Lipinski definition) is 2. The van der Waals surface area contributed by atoms with E-state index in [1.54, 1.807) is 30.3 Å². The molecule has 0 saturated heterocycles. The molecule has 0 aliphatic carbocycles. The highest BCUT2D eigenvalue weighted by Gasteiger charge is 2.25. The van der Waals surface area contributed by atoms with E-state index in [1.165, 1.54) is 31.3 Å². The largest absolute Gasteiger partial charge is 0.479 e. The van der Waals surface area contributed by atoms with Crippen molar-refractivity contribution in [2.45, 2.75) is 32.4 Å². The van der Waals surface area contributed by atoms with E-state index in [2.05, 4.69) is 15.8 Å². The molecule has 3 aromatic carbocycles. The van der Waals surface area contributed by atoms with Gasteiger partial charge in [-0.05, 0) is 55.3 Å². The third kappa shape index (κ3) is 7.96. The number of nitro benzene ring substituents is 1. The molecule has 12 heteroatoms. The molecule has 0 aliphatic heterocycles. The first-order valence-corrected chi connectivity index (χ1v) is 13.5. The number of carbonyl (C=O) groups excluding carboxylic acids is 2. The number of rotatable bonds is 11. The van der Waals surface area contributed by atoms with Crippen molar-refractivity contribution < 1.29 is 23.7 Å². The molecule has 0 bridgehead atoms. The van der Waals surface area contributed by atoms with Gasteiger partial charge in [0.1, 0.15) is 23.3 Å². The lowest BCUT2D eigenvalue weighted by Crippen LogP contribution is -2.50. The third-order valence-electron chi connectivity index (χ3n) is 6.17. The van der Waals surface area contributed by atoms with Crippen LogP contribution in [0.5, 0.6) is 5.75 Å². The van der Waals surface area contributed by atoms with E-state index in [0.29, 0.717) is 22.1 Å². The second kappa shape index (κ2) is 13.8. The number of hydrogen-bond acceptors (Lipinski definition) is 7. The number of nitrogens with zero attached hydrogens (tertiary/aromatic N) is 2. The van der Waals surface area contributed by atoms with Gasteiger partial charge < -0.3 is 14.5 Å². The van der Waals surface area contributed by atoms with Crippen LogP contribution in [0.2, 0.25) is 10.0 Å². The summed E-state index contributed by atoms with van der Waals surface area (Å²) in [5, 5.41) is 18.5. The van der Waals surface area contributed by atoms with E-state index in [4.69, 9.17) is 32.4 Å². The van der Waals surface area contributed by atoms with Gasteiger partial charge in [0.25, 0.3) is 17.5 Å². The van der Waals surface area contributed by atoms with Gasteiger partial charge in [0.2, 0.25) is 0 Å². The number of benzene rings is 3. The van der Waals surface area contributed by atoms with E-state index < -0.39 is 28.9 Å². The Morgan fingerprint density at radius 3 is 2.52 bits per heavy atom. The van der Waals surface area contributed by atoms with E-state index in [1.807, 2.05) is 37.3 Å². The van der Waals surface area contributed by atoms with Crippen LogP contribution < -0.4 is 15.5 Å². The van der Waals surface area contributed by atoms with Crippen molar-refractivity contribution in [1.82, 2.24) is 10.7 Å². The molecule has 10 nitrogen and oxygen atoms in total. The van der Waals surface area contributed by atoms with Crippen LogP contribution in [0.3, 0.4) is 0 Å². The molecule has 0 radical (unpaired) electrons. The molecule has 4 aromatic rings. The molecular weight excluding hydrogens is 583 g/mol. The van der Waals surface area contributed by atoms with Gasteiger partial charge >= 0.3 is 0 Å². The van der Waals surface area contributed by atoms with E-state index in [9.17, 15) is 19.7 Å². The number of nitrogens with one attached hydrogen (secondary N) is 2. The number of nitro groups is 1. The molecule has 42 heavy (non-hydrogen) atoms. The van der Waals surface area contributed by atoms with Crippen molar-refractivity contribution in [3.8, 4) is 17.1 Å². The van der Waals surface area contributed by atoms with Crippen molar-refractivity contribution in [2.75, 3.05) is 0 Å². The number of hydrazone groups is 1. The topological polar surface area (TPSA) is 136 Å². The van der Waals surface area contributed by atoms with Crippen molar-refractivity contribution in [2.24, 2.45) is 5.10 Å². The Kier molecular flexibility index (Phi) is 9.95. The van der Waals surface area contributed by atoms with Gasteiger partial charge in [0.05, 0.1) is 16.2 Å². The summed E-state index contributed by atoms with van der Waals surface area (Å²) < 4.78 is 11.4. The Hall–Kier alpha value is -4.67. The van der Waals surface area contributed by atoms with Crippen LogP contribution in [0, 0.1) is 17.0 Å². The van der Waals surface area contributed by atoms with E-state index in [-0.39, 0.29) is 22.9 Å². The lowest BCUT2D eigenvalue weighted by Gasteiger charge is -2.21. The number of carbonyl (C=O) groups is 2. The lowest BCUT2D eigenvalue weighted by molar-refractivity contribution is -0.384. The van der Waals surface area contributed by atoms with Crippen LogP contribution in [-0.4, -0.2) is 35.1 Å². The molecule has 2 N–H and O–H groups in total. The summed E-state index contributed by atoms with van der Waals surface area (Å²) in [6.07, 6.45) is 0.514. The van der Waals surface area contributed by atoms with Gasteiger partial charge in [-0.2, -0.15) is 5.10 Å². The Labute approximate surface area is 251 Å². The Balaban J connectivity index is 1.44. The van der Waals surface area contributed by atoms with E-state index >= 15 is 0 Å². The summed E-state index contributed by atoms with van der Waals surface area (Å²) in [6, 6.07) is 20.6. The summed E-state index contributed by atoms with van der Waals surface area (Å²) in [5.74, 6) is -0.115. The van der Waals surface area contributed by atoms with Gasteiger partial charge in [0.15, 0.2) is 6.10 Å². The molecule has 0 spiro atoms. The quantitative estimate of drug-likeness (QED) is 0.120. The van der Waals surface area contributed by atoms with Crippen LogP contribution in [0.4, 0.5) is 5.69 Å². The highest BCUT2D eigenvalue weighted by Crippen LogP contribution is 2.29. The number of amides is 2. The highest BCUT2D eigenvalue weighted by molar-refractivity contribution is 6.35. The Morgan fingerprint density at radius 1 is 1.05 bits per heavy atom. The highest BCUT2D eigenvalue weighted by atomic mass is 35.5.